The molecular formula is C43H29N3. The van der Waals surface area contributed by atoms with Crippen molar-refractivity contribution in [2.45, 2.75) is 0 Å². The summed E-state index contributed by atoms with van der Waals surface area (Å²) < 4.78 is 7.15. The molecule has 7 aromatic carbocycles. The van der Waals surface area contributed by atoms with Crippen molar-refractivity contribution in [2.24, 2.45) is 7.05 Å². The Labute approximate surface area is 265 Å². The van der Waals surface area contributed by atoms with Gasteiger partial charge in [-0.2, -0.15) is 0 Å². The van der Waals surface area contributed by atoms with E-state index in [0.29, 0.717) is 0 Å². The minimum absolute atomic E-state index is 1.17. The number of hydrogen-bond acceptors (Lipinski definition) is 0. The van der Waals surface area contributed by atoms with Gasteiger partial charge in [-0.1, -0.05) is 91.0 Å². The van der Waals surface area contributed by atoms with Crippen molar-refractivity contribution in [3.8, 4) is 22.5 Å². The number of benzene rings is 7. The van der Waals surface area contributed by atoms with E-state index in [9.17, 15) is 0 Å². The maximum Gasteiger partial charge on any atom is 0.0562 e. The zero-order chi connectivity index (χ0) is 30.4. The Kier molecular flexibility index (Phi) is 5.20. The minimum atomic E-state index is 1.17. The third kappa shape index (κ3) is 3.43. The van der Waals surface area contributed by atoms with Gasteiger partial charge < -0.3 is 13.7 Å². The van der Waals surface area contributed by atoms with Gasteiger partial charge in [0.15, 0.2) is 0 Å². The van der Waals surface area contributed by atoms with Crippen molar-refractivity contribution < 1.29 is 0 Å². The Balaban J connectivity index is 1.24. The highest BCUT2D eigenvalue weighted by Gasteiger charge is 2.20. The van der Waals surface area contributed by atoms with Gasteiger partial charge in [0.1, 0.15) is 0 Å². The first-order chi connectivity index (χ1) is 22.8. The number of aromatic nitrogens is 3. The standard InChI is InChI=1S/C43H29N3/c1-44-36-17-8-5-14-31(36)34-26-28(22-24-37(34)44)29-23-25-40-35(27-29)32-15-6-9-18-38(32)46(40)42-21-11-20-41-43(42)33-16-7-10-19-39(33)45(41)30-12-3-2-4-13-30/h2-27H,1H3. The molecule has 0 amide bonds. The molecule has 3 aromatic heterocycles. The molecule has 0 saturated carbocycles. The van der Waals surface area contributed by atoms with Crippen molar-refractivity contribution in [3.63, 3.8) is 0 Å². The number of fused-ring (bicyclic) bond motifs is 9. The second kappa shape index (κ2) is 9.47. The predicted molar refractivity (Wildman–Crippen MR) is 195 cm³/mol. The average Bonchev–Trinajstić information content (AvgIpc) is 3.74. The van der Waals surface area contributed by atoms with Crippen LogP contribution in [0.2, 0.25) is 0 Å². The lowest BCUT2D eigenvalue weighted by molar-refractivity contribution is 1.01. The van der Waals surface area contributed by atoms with Crippen molar-refractivity contribution in [2.75, 3.05) is 0 Å². The molecule has 0 aliphatic carbocycles. The SMILES string of the molecule is Cn1c2ccccc2c2cc(-c3ccc4c(c3)c3ccccc3n4-c3cccc4c3c3ccccc3n4-c3ccccc3)ccc21. The van der Waals surface area contributed by atoms with Gasteiger partial charge in [0, 0.05) is 56.1 Å². The maximum atomic E-state index is 2.46. The van der Waals surface area contributed by atoms with Crippen LogP contribution >= 0.6 is 0 Å². The summed E-state index contributed by atoms with van der Waals surface area (Å²) in [6, 6.07) is 57.6. The van der Waals surface area contributed by atoms with Crippen LogP contribution in [0.1, 0.15) is 0 Å². The van der Waals surface area contributed by atoms with E-state index < -0.39 is 0 Å². The molecule has 10 rings (SSSR count). The third-order valence-electron chi connectivity index (χ3n) is 9.85. The zero-order valence-electron chi connectivity index (χ0n) is 25.4. The summed E-state index contributed by atoms with van der Waals surface area (Å²) in [7, 11) is 2.16. The molecule has 0 aliphatic rings. The Hall–Kier alpha value is -6.06. The first kappa shape index (κ1) is 25.3. The van der Waals surface area contributed by atoms with Crippen LogP contribution in [0.25, 0.3) is 87.9 Å². The van der Waals surface area contributed by atoms with Crippen LogP contribution in [0.3, 0.4) is 0 Å². The largest absolute Gasteiger partial charge is 0.344 e. The van der Waals surface area contributed by atoms with E-state index in [1.165, 1.54) is 87.9 Å². The second-order valence-corrected chi connectivity index (χ2v) is 12.3. The van der Waals surface area contributed by atoms with E-state index in [0.717, 1.165) is 0 Å². The van der Waals surface area contributed by atoms with E-state index >= 15 is 0 Å². The smallest absolute Gasteiger partial charge is 0.0562 e. The summed E-state index contributed by atoms with van der Waals surface area (Å²) in [6.45, 7) is 0. The quantitative estimate of drug-likeness (QED) is 0.195. The molecule has 46 heavy (non-hydrogen) atoms. The number of aryl methyl sites for hydroxylation is 1. The molecule has 0 unspecified atom stereocenters. The zero-order valence-corrected chi connectivity index (χ0v) is 25.4. The molecular weight excluding hydrogens is 558 g/mol. The monoisotopic (exact) mass is 587 g/mol. The normalized spacial score (nSPS) is 12.0. The maximum absolute atomic E-state index is 2.46. The number of nitrogens with zero attached hydrogens (tertiary/aromatic N) is 3. The minimum Gasteiger partial charge on any atom is -0.344 e. The topological polar surface area (TPSA) is 14.8 Å². The lowest BCUT2D eigenvalue weighted by Gasteiger charge is -2.12. The van der Waals surface area contributed by atoms with Crippen LogP contribution in [-0.4, -0.2) is 13.7 Å². The highest BCUT2D eigenvalue weighted by molar-refractivity contribution is 6.17. The molecule has 10 aromatic rings. The first-order valence-corrected chi connectivity index (χ1v) is 15.8. The third-order valence-corrected chi connectivity index (χ3v) is 9.85. The molecule has 0 N–H and O–H groups in total. The van der Waals surface area contributed by atoms with Gasteiger partial charge in [0.05, 0.1) is 27.8 Å². The fourth-order valence-electron chi connectivity index (χ4n) is 7.80. The van der Waals surface area contributed by atoms with E-state index in [4.69, 9.17) is 0 Å². The highest BCUT2D eigenvalue weighted by Crippen LogP contribution is 2.41. The molecule has 0 spiro atoms. The molecule has 0 fully saturated rings. The van der Waals surface area contributed by atoms with Crippen LogP contribution in [0.5, 0.6) is 0 Å². The van der Waals surface area contributed by atoms with Gasteiger partial charge in [-0.15, -0.1) is 0 Å². The van der Waals surface area contributed by atoms with Gasteiger partial charge >= 0.3 is 0 Å². The second-order valence-electron chi connectivity index (χ2n) is 12.3. The van der Waals surface area contributed by atoms with Crippen molar-refractivity contribution in [3.05, 3.63) is 158 Å². The average molecular weight is 588 g/mol. The molecule has 0 saturated heterocycles. The molecule has 0 aliphatic heterocycles. The molecule has 0 bridgehead atoms. The van der Waals surface area contributed by atoms with E-state index in [2.05, 4.69) is 178 Å². The van der Waals surface area contributed by atoms with Crippen LogP contribution in [0.15, 0.2) is 158 Å². The Morgan fingerprint density at radius 3 is 1.59 bits per heavy atom. The lowest BCUT2D eigenvalue weighted by atomic mass is 10.0. The number of para-hydroxylation sites is 4. The van der Waals surface area contributed by atoms with Crippen molar-refractivity contribution in [1.82, 2.24) is 13.7 Å². The molecule has 3 heteroatoms. The fourth-order valence-corrected chi connectivity index (χ4v) is 7.80. The molecule has 3 nitrogen and oxygen atoms in total. The van der Waals surface area contributed by atoms with Gasteiger partial charge in [-0.05, 0) is 77.9 Å². The summed E-state index contributed by atoms with van der Waals surface area (Å²) >= 11 is 0. The summed E-state index contributed by atoms with van der Waals surface area (Å²) in [5, 5.41) is 7.61. The molecule has 3 heterocycles. The van der Waals surface area contributed by atoms with Crippen LogP contribution in [0, 0.1) is 0 Å². The predicted octanol–water partition coefficient (Wildman–Crippen LogP) is 11.2. The molecule has 0 radical (unpaired) electrons. The number of rotatable bonds is 3. The van der Waals surface area contributed by atoms with E-state index in [-0.39, 0.29) is 0 Å². The van der Waals surface area contributed by atoms with Crippen molar-refractivity contribution in [1.29, 1.82) is 0 Å². The highest BCUT2D eigenvalue weighted by atomic mass is 15.0. The Morgan fingerprint density at radius 1 is 0.348 bits per heavy atom. The van der Waals surface area contributed by atoms with Gasteiger partial charge in [-0.25, -0.2) is 0 Å². The van der Waals surface area contributed by atoms with Crippen LogP contribution in [0.4, 0.5) is 0 Å². The molecule has 216 valence electrons. The van der Waals surface area contributed by atoms with Crippen molar-refractivity contribution >= 4 is 65.4 Å². The number of hydrogen-bond donors (Lipinski definition) is 0. The van der Waals surface area contributed by atoms with Crippen LogP contribution in [-0.2, 0) is 7.05 Å². The molecule has 0 atom stereocenters. The van der Waals surface area contributed by atoms with Gasteiger partial charge in [0.25, 0.3) is 0 Å². The summed E-state index contributed by atoms with van der Waals surface area (Å²) in [6.07, 6.45) is 0. The Bertz CT molecular complexity index is 2810. The summed E-state index contributed by atoms with van der Waals surface area (Å²) in [4.78, 5) is 0. The van der Waals surface area contributed by atoms with Gasteiger partial charge in [-0.3, -0.25) is 0 Å². The summed E-state index contributed by atoms with van der Waals surface area (Å²) in [5.74, 6) is 0. The Morgan fingerprint density at radius 2 is 0.848 bits per heavy atom. The van der Waals surface area contributed by atoms with E-state index in [1.807, 2.05) is 0 Å². The lowest BCUT2D eigenvalue weighted by Crippen LogP contribution is -1.96. The van der Waals surface area contributed by atoms with E-state index in [1.54, 1.807) is 0 Å². The van der Waals surface area contributed by atoms with Gasteiger partial charge in [0.2, 0.25) is 0 Å². The van der Waals surface area contributed by atoms with Crippen LogP contribution < -0.4 is 0 Å². The fraction of sp³-hybridized carbons (Fsp3) is 0.0233. The first-order valence-electron chi connectivity index (χ1n) is 15.8. The summed E-state index contributed by atoms with van der Waals surface area (Å²) in [5.41, 5.74) is 12.2.